The van der Waals surface area contributed by atoms with E-state index in [0.717, 1.165) is 16.3 Å². The highest BCUT2D eigenvalue weighted by Gasteiger charge is 2.02. The second-order valence-electron chi connectivity index (χ2n) is 5.75. The van der Waals surface area contributed by atoms with E-state index in [0.29, 0.717) is 17.3 Å². The number of nitrogens with one attached hydrogen (secondary N) is 2. The number of urea groups is 1. The van der Waals surface area contributed by atoms with E-state index in [1.807, 2.05) is 36.4 Å². The molecule has 4 nitrogen and oxygen atoms in total. The molecule has 0 radical (unpaired) electrons. The van der Waals surface area contributed by atoms with Crippen molar-refractivity contribution in [3.05, 3.63) is 77.3 Å². The maximum Gasteiger partial charge on any atom is 0.315 e. The highest BCUT2D eigenvalue weighted by Crippen LogP contribution is 2.22. The summed E-state index contributed by atoms with van der Waals surface area (Å²) < 4.78 is 5.46. The van der Waals surface area contributed by atoms with E-state index >= 15 is 0 Å². The van der Waals surface area contributed by atoms with Crippen LogP contribution in [0.4, 0.5) is 4.79 Å². The minimum Gasteiger partial charge on any atom is -0.479 e. The molecule has 0 aliphatic heterocycles. The van der Waals surface area contributed by atoms with Gasteiger partial charge in [0.25, 0.3) is 0 Å². The van der Waals surface area contributed by atoms with Crippen molar-refractivity contribution >= 4 is 28.4 Å². The molecule has 0 saturated carbocycles. The number of rotatable bonds is 5. The molecule has 0 aliphatic rings. The third kappa shape index (κ3) is 5.40. The molecular formula is C22H19ClN2O2. The molecule has 0 bridgehead atoms. The van der Waals surface area contributed by atoms with Crippen LogP contribution in [0.15, 0.2) is 66.7 Å². The molecule has 27 heavy (non-hydrogen) atoms. The second kappa shape index (κ2) is 9.51. The van der Waals surface area contributed by atoms with Gasteiger partial charge >= 0.3 is 6.03 Å². The van der Waals surface area contributed by atoms with Gasteiger partial charge in [-0.05, 0) is 28.5 Å². The Morgan fingerprint density at radius 1 is 0.926 bits per heavy atom. The predicted octanol–water partition coefficient (Wildman–Crippen LogP) is 4.37. The van der Waals surface area contributed by atoms with Gasteiger partial charge in [-0.15, -0.1) is 0 Å². The van der Waals surface area contributed by atoms with Crippen LogP contribution in [0.1, 0.15) is 5.56 Å². The van der Waals surface area contributed by atoms with E-state index in [1.165, 1.54) is 0 Å². The zero-order valence-corrected chi connectivity index (χ0v) is 15.4. The highest BCUT2D eigenvalue weighted by atomic mass is 35.5. The minimum atomic E-state index is -0.260. The van der Waals surface area contributed by atoms with Gasteiger partial charge in [-0.2, -0.15) is 0 Å². The molecule has 3 aromatic carbocycles. The summed E-state index contributed by atoms with van der Waals surface area (Å²) in [5.74, 6) is 6.28. The fourth-order valence-electron chi connectivity index (χ4n) is 2.60. The summed E-state index contributed by atoms with van der Waals surface area (Å²) in [4.78, 5) is 11.9. The van der Waals surface area contributed by atoms with Gasteiger partial charge in [0.1, 0.15) is 12.4 Å². The number of fused-ring (bicyclic) bond motifs is 1. The summed E-state index contributed by atoms with van der Waals surface area (Å²) in [6, 6.07) is 21.1. The number of ether oxygens (including phenoxy) is 1. The lowest BCUT2D eigenvalue weighted by molar-refractivity contribution is 0.241. The first-order valence-corrected chi connectivity index (χ1v) is 8.93. The van der Waals surface area contributed by atoms with Crippen LogP contribution in [0.3, 0.4) is 0 Å². The standard InChI is InChI=1S/C22H19ClN2O2/c23-20-12-3-4-13-21(20)27-15-6-5-14-24-22(26)25-16-18-10-7-9-17-8-1-2-11-19(17)18/h1-4,7-13H,14-16H2,(H2,24,25,26). The van der Waals surface area contributed by atoms with E-state index in [1.54, 1.807) is 12.1 Å². The van der Waals surface area contributed by atoms with Crippen LogP contribution in [0.25, 0.3) is 10.8 Å². The van der Waals surface area contributed by atoms with Gasteiger partial charge in [0.15, 0.2) is 0 Å². The molecule has 136 valence electrons. The number of carbonyl (C=O) groups excluding carboxylic acids is 1. The highest BCUT2D eigenvalue weighted by molar-refractivity contribution is 6.32. The average Bonchev–Trinajstić information content (AvgIpc) is 2.70. The molecule has 0 unspecified atom stereocenters. The normalized spacial score (nSPS) is 9.96. The monoisotopic (exact) mass is 378 g/mol. The molecular weight excluding hydrogens is 360 g/mol. The Kier molecular flexibility index (Phi) is 6.56. The van der Waals surface area contributed by atoms with E-state index in [4.69, 9.17) is 16.3 Å². The third-order valence-corrected chi connectivity index (χ3v) is 4.23. The first-order chi connectivity index (χ1) is 13.2. The Balaban J connectivity index is 1.41. The Hall–Kier alpha value is -3.16. The Morgan fingerprint density at radius 2 is 1.70 bits per heavy atom. The van der Waals surface area contributed by atoms with Crippen molar-refractivity contribution in [2.45, 2.75) is 6.54 Å². The zero-order chi connectivity index (χ0) is 18.9. The summed E-state index contributed by atoms with van der Waals surface area (Å²) in [7, 11) is 0. The molecule has 2 N–H and O–H groups in total. The van der Waals surface area contributed by atoms with Gasteiger partial charge in [0.05, 0.1) is 11.6 Å². The maximum atomic E-state index is 11.9. The molecule has 0 fully saturated rings. The van der Waals surface area contributed by atoms with Crippen LogP contribution in [0.2, 0.25) is 5.02 Å². The van der Waals surface area contributed by atoms with E-state index in [9.17, 15) is 4.79 Å². The van der Waals surface area contributed by atoms with Gasteiger partial charge in [-0.3, -0.25) is 0 Å². The third-order valence-electron chi connectivity index (χ3n) is 3.92. The van der Waals surface area contributed by atoms with Gasteiger partial charge in [0.2, 0.25) is 0 Å². The van der Waals surface area contributed by atoms with Crippen LogP contribution in [-0.4, -0.2) is 19.2 Å². The lowest BCUT2D eigenvalue weighted by atomic mass is 10.0. The van der Waals surface area contributed by atoms with Crippen molar-refractivity contribution < 1.29 is 9.53 Å². The fraction of sp³-hybridized carbons (Fsp3) is 0.136. The molecule has 0 atom stereocenters. The molecule has 0 spiro atoms. The molecule has 0 heterocycles. The summed E-state index contributed by atoms with van der Waals surface area (Å²) >= 11 is 5.99. The Labute approximate surface area is 163 Å². The molecule has 3 rings (SSSR count). The number of carbonyl (C=O) groups is 1. The van der Waals surface area contributed by atoms with E-state index in [2.05, 4.69) is 40.7 Å². The predicted molar refractivity (Wildman–Crippen MR) is 109 cm³/mol. The fourth-order valence-corrected chi connectivity index (χ4v) is 2.79. The second-order valence-corrected chi connectivity index (χ2v) is 6.15. The van der Waals surface area contributed by atoms with Gasteiger partial charge in [-0.1, -0.05) is 78.0 Å². The van der Waals surface area contributed by atoms with Crippen molar-refractivity contribution in [1.29, 1.82) is 0 Å². The van der Waals surface area contributed by atoms with Crippen LogP contribution in [0.5, 0.6) is 5.75 Å². The molecule has 0 aliphatic carbocycles. The smallest absolute Gasteiger partial charge is 0.315 e. The maximum absolute atomic E-state index is 11.9. The number of hydrogen-bond acceptors (Lipinski definition) is 2. The quantitative estimate of drug-likeness (QED) is 0.647. The molecule has 5 heteroatoms. The van der Waals surface area contributed by atoms with Crippen LogP contribution in [0, 0.1) is 11.8 Å². The lowest BCUT2D eigenvalue weighted by Crippen LogP contribution is -2.35. The SMILES string of the molecule is O=C(NCC#CCOc1ccccc1Cl)NCc1cccc2ccccc12. The Bertz CT molecular complexity index is 987. The Morgan fingerprint density at radius 3 is 2.59 bits per heavy atom. The topological polar surface area (TPSA) is 50.4 Å². The number of para-hydroxylation sites is 1. The molecule has 0 aromatic heterocycles. The van der Waals surface area contributed by atoms with Crippen LogP contribution >= 0.6 is 11.6 Å². The number of halogens is 1. The van der Waals surface area contributed by atoms with Crippen LogP contribution in [-0.2, 0) is 6.54 Å². The van der Waals surface area contributed by atoms with Gasteiger partial charge < -0.3 is 15.4 Å². The lowest BCUT2D eigenvalue weighted by Gasteiger charge is -2.08. The summed E-state index contributed by atoms with van der Waals surface area (Å²) in [5.41, 5.74) is 1.07. The van der Waals surface area contributed by atoms with Crippen molar-refractivity contribution in [1.82, 2.24) is 10.6 Å². The largest absolute Gasteiger partial charge is 0.479 e. The van der Waals surface area contributed by atoms with Crippen molar-refractivity contribution in [3.63, 3.8) is 0 Å². The summed E-state index contributed by atoms with van der Waals surface area (Å²) in [6.07, 6.45) is 0. The summed E-state index contributed by atoms with van der Waals surface area (Å²) in [5, 5.41) is 8.39. The number of benzene rings is 3. The first-order valence-electron chi connectivity index (χ1n) is 8.55. The minimum absolute atomic E-state index is 0.211. The number of amides is 2. The van der Waals surface area contributed by atoms with Gasteiger partial charge in [0, 0.05) is 6.54 Å². The first kappa shape index (κ1) is 18.6. The van der Waals surface area contributed by atoms with Crippen molar-refractivity contribution in [2.24, 2.45) is 0 Å². The summed E-state index contributed by atoms with van der Waals surface area (Å²) in [6.45, 7) is 0.909. The molecule has 2 amide bonds. The van der Waals surface area contributed by atoms with Crippen LogP contribution < -0.4 is 15.4 Å². The van der Waals surface area contributed by atoms with E-state index in [-0.39, 0.29) is 19.2 Å². The average molecular weight is 379 g/mol. The van der Waals surface area contributed by atoms with Gasteiger partial charge in [-0.25, -0.2) is 4.79 Å². The zero-order valence-electron chi connectivity index (χ0n) is 14.7. The van der Waals surface area contributed by atoms with E-state index < -0.39 is 0 Å². The number of hydrogen-bond donors (Lipinski definition) is 2. The molecule has 3 aromatic rings. The van der Waals surface area contributed by atoms with Crippen molar-refractivity contribution in [3.8, 4) is 17.6 Å². The molecule has 0 saturated heterocycles. The van der Waals surface area contributed by atoms with Crippen molar-refractivity contribution in [2.75, 3.05) is 13.2 Å².